The van der Waals surface area contributed by atoms with Crippen LogP contribution in [-0.4, -0.2) is 20.5 Å². The average Bonchev–Trinajstić information content (AvgIpc) is 2.97. The number of Topliss-reactive ketones (excluding diaryl/α,β-unsaturated/α-hetero) is 1. The number of carbonyl (C=O) groups is 1. The fourth-order valence-corrected chi connectivity index (χ4v) is 2.92. The quantitative estimate of drug-likeness (QED) is 0.807. The van der Waals surface area contributed by atoms with Crippen molar-refractivity contribution in [1.29, 1.82) is 0 Å². The molecule has 0 aromatic carbocycles. The van der Waals surface area contributed by atoms with Crippen LogP contribution in [-0.2, 0) is 6.42 Å². The first-order chi connectivity index (χ1) is 10.2. The van der Waals surface area contributed by atoms with Crippen molar-refractivity contribution in [2.45, 2.75) is 51.5 Å². The van der Waals surface area contributed by atoms with Crippen LogP contribution in [0.5, 0.6) is 0 Å². The molecule has 0 radical (unpaired) electrons. The molecular formula is C17H21N3O. The normalized spacial score (nSPS) is 16.0. The molecule has 21 heavy (non-hydrogen) atoms. The molecule has 4 heteroatoms. The number of rotatable bonds is 4. The molecule has 1 saturated carbocycles. The van der Waals surface area contributed by atoms with E-state index in [4.69, 9.17) is 0 Å². The summed E-state index contributed by atoms with van der Waals surface area (Å²) in [7, 11) is 0. The van der Waals surface area contributed by atoms with Crippen LogP contribution in [0.25, 0.3) is 0 Å². The van der Waals surface area contributed by atoms with Crippen molar-refractivity contribution in [3.8, 4) is 0 Å². The Bertz CT molecular complexity index is 609. The molecule has 1 aliphatic rings. The monoisotopic (exact) mass is 283 g/mol. The lowest BCUT2D eigenvalue weighted by atomic mass is 9.96. The lowest BCUT2D eigenvalue weighted by Gasteiger charge is -2.21. The molecule has 0 bridgehead atoms. The van der Waals surface area contributed by atoms with Crippen molar-refractivity contribution >= 4 is 5.78 Å². The minimum Gasteiger partial charge on any atom is -0.294 e. The molecule has 2 aromatic rings. The molecule has 0 amide bonds. The molecule has 4 nitrogen and oxygen atoms in total. The van der Waals surface area contributed by atoms with Gasteiger partial charge < -0.3 is 0 Å². The number of nitrogens with zero attached hydrogens (tertiary/aromatic N) is 3. The molecule has 0 aliphatic heterocycles. The summed E-state index contributed by atoms with van der Waals surface area (Å²) >= 11 is 0. The zero-order chi connectivity index (χ0) is 14.7. The van der Waals surface area contributed by atoms with E-state index in [0.29, 0.717) is 18.0 Å². The molecule has 2 aromatic heterocycles. The minimum atomic E-state index is 0.0800. The maximum absolute atomic E-state index is 12.2. The Morgan fingerprint density at radius 2 is 2.05 bits per heavy atom. The van der Waals surface area contributed by atoms with Gasteiger partial charge in [0, 0.05) is 23.7 Å². The third kappa shape index (κ3) is 3.38. The highest BCUT2D eigenvalue weighted by molar-refractivity contribution is 5.96. The molecule has 1 fully saturated rings. The Hall–Kier alpha value is -1.97. The molecule has 0 spiro atoms. The van der Waals surface area contributed by atoms with Gasteiger partial charge in [-0.2, -0.15) is 5.10 Å². The number of ketones is 1. The highest BCUT2D eigenvalue weighted by Crippen LogP contribution is 2.27. The van der Waals surface area contributed by atoms with Crippen molar-refractivity contribution in [3.63, 3.8) is 0 Å². The smallest absolute Gasteiger partial charge is 0.170 e. The molecule has 1 aliphatic carbocycles. The van der Waals surface area contributed by atoms with E-state index in [9.17, 15) is 4.79 Å². The van der Waals surface area contributed by atoms with E-state index >= 15 is 0 Å². The van der Waals surface area contributed by atoms with Gasteiger partial charge in [0.2, 0.25) is 0 Å². The van der Waals surface area contributed by atoms with Crippen LogP contribution in [0.1, 0.15) is 59.9 Å². The maximum Gasteiger partial charge on any atom is 0.170 e. The summed E-state index contributed by atoms with van der Waals surface area (Å²) in [4.78, 5) is 16.4. The first-order valence-electron chi connectivity index (χ1n) is 7.72. The van der Waals surface area contributed by atoms with E-state index in [1.807, 2.05) is 31.3 Å². The van der Waals surface area contributed by atoms with Gasteiger partial charge in [0.05, 0.1) is 18.2 Å². The van der Waals surface area contributed by atoms with Crippen molar-refractivity contribution in [2.24, 2.45) is 0 Å². The van der Waals surface area contributed by atoms with Crippen molar-refractivity contribution in [2.75, 3.05) is 0 Å². The second kappa shape index (κ2) is 6.20. The van der Waals surface area contributed by atoms with Crippen LogP contribution >= 0.6 is 0 Å². The van der Waals surface area contributed by atoms with Crippen LogP contribution in [0.2, 0.25) is 0 Å². The van der Waals surface area contributed by atoms with Crippen molar-refractivity contribution in [1.82, 2.24) is 14.8 Å². The zero-order valence-electron chi connectivity index (χ0n) is 12.5. The van der Waals surface area contributed by atoms with Crippen molar-refractivity contribution < 1.29 is 4.79 Å². The van der Waals surface area contributed by atoms with Gasteiger partial charge in [-0.3, -0.25) is 14.5 Å². The van der Waals surface area contributed by atoms with E-state index in [0.717, 1.165) is 11.4 Å². The topological polar surface area (TPSA) is 47.8 Å². The van der Waals surface area contributed by atoms with Gasteiger partial charge in [-0.15, -0.1) is 0 Å². The Morgan fingerprint density at radius 1 is 1.24 bits per heavy atom. The summed E-state index contributed by atoms with van der Waals surface area (Å²) in [6.45, 7) is 1.92. The summed E-state index contributed by atoms with van der Waals surface area (Å²) in [5.41, 5.74) is 2.44. The SMILES string of the molecule is Cc1ccc(C(=O)Cc2ccn(C3CCCCC3)n2)cn1. The molecule has 110 valence electrons. The zero-order valence-corrected chi connectivity index (χ0v) is 12.5. The van der Waals surface area contributed by atoms with E-state index in [1.54, 1.807) is 6.20 Å². The van der Waals surface area contributed by atoms with Gasteiger partial charge in [0.1, 0.15) is 0 Å². The second-order valence-electron chi connectivity index (χ2n) is 5.87. The number of carbonyl (C=O) groups excluding carboxylic acids is 1. The largest absolute Gasteiger partial charge is 0.294 e. The molecule has 3 rings (SSSR count). The molecule has 0 atom stereocenters. The Labute approximate surface area is 125 Å². The van der Waals surface area contributed by atoms with Crippen LogP contribution in [0.4, 0.5) is 0 Å². The lowest BCUT2D eigenvalue weighted by molar-refractivity contribution is 0.0991. The number of pyridine rings is 1. The van der Waals surface area contributed by atoms with Crippen LogP contribution in [0.3, 0.4) is 0 Å². The number of hydrogen-bond donors (Lipinski definition) is 0. The van der Waals surface area contributed by atoms with Crippen LogP contribution in [0, 0.1) is 6.92 Å². The fourth-order valence-electron chi connectivity index (χ4n) is 2.92. The van der Waals surface area contributed by atoms with E-state index in [-0.39, 0.29) is 5.78 Å². The summed E-state index contributed by atoms with van der Waals surface area (Å²) in [5, 5.41) is 4.59. The van der Waals surface area contributed by atoms with E-state index in [2.05, 4.69) is 14.8 Å². The second-order valence-corrected chi connectivity index (χ2v) is 5.87. The molecular weight excluding hydrogens is 262 g/mol. The molecule has 0 saturated heterocycles. The molecule has 2 heterocycles. The standard InChI is InChI=1S/C17H21N3O/c1-13-7-8-14(12-18-13)17(21)11-15-9-10-20(19-15)16-5-3-2-4-6-16/h7-10,12,16H,2-6,11H2,1H3. The highest BCUT2D eigenvalue weighted by atomic mass is 16.1. The molecule has 0 N–H and O–H groups in total. The van der Waals surface area contributed by atoms with Gasteiger partial charge in [0.25, 0.3) is 0 Å². The fraction of sp³-hybridized carbons (Fsp3) is 0.471. The van der Waals surface area contributed by atoms with Gasteiger partial charge in [-0.25, -0.2) is 0 Å². The maximum atomic E-state index is 12.2. The Kier molecular flexibility index (Phi) is 4.13. The van der Waals surface area contributed by atoms with Gasteiger partial charge >= 0.3 is 0 Å². The first kappa shape index (κ1) is 14.0. The number of aryl methyl sites for hydroxylation is 1. The summed E-state index contributed by atoms with van der Waals surface area (Å²) < 4.78 is 2.05. The van der Waals surface area contributed by atoms with Gasteiger partial charge in [-0.05, 0) is 38.0 Å². The third-order valence-electron chi connectivity index (χ3n) is 4.19. The predicted octanol–water partition coefficient (Wildman–Crippen LogP) is 3.52. The molecule has 0 unspecified atom stereocenters. The average molecular weight is 283 g/mol. The summed E-state index contributed by atoms with van der Waals surface area (Å²) in [5.74, 6) is 0.0800. The van der Waals surface area contributed by atoms with Crippen LogP contribution in [0.15, 0.2) is 30.6 Å². The van der Waals surface area contributed by atoms with Crippen LogP contribution < -0.4 is 0 Å². The van der Waals surface area contributed by atoms with E-state index in [1.165, 1.54) is 32.1 Å². The van der Waals surface area contributed by atoms with Gasteiger partial charge in [-0.1, -0.05) is 19.3 Å². The Balaban J connectivity index is 1.66. The lowest BCUT2D eigenvalue weighted by Crippen LogP contribution is -2.14. The highest BCUT2D eigenvalue weighted by Gasteiger charge is 2.17. The predicted molar refractivity (Wildman–Crippen MR) is 81.4 cm³/mol. The number of aromatic nitrogens is 3. The third-order valence-corrected chi connectivity index (χ3v) is 4.19. The summed E-state index contributed by atoms with van der Waals surface area (Å²) in [6.07, 6.45) is 10.3. The van der Waals surface area contributed by atoms with Crippen molar-refractivity contribution in [3.05, 3.63) is 47.5 Å². The summed E-state index contributed by atoms with van der Waals surface area (Å²) in [6, 6.07) is 6.19. The minimum absolute atomic E-state index is 0.0800. The van der Waals surface area contributed by atoms with E-state index < -0.39 is 0 Å². The Morgan fingerprint density at radius 3 is 2.76 bits per heavy atom. The van der Waals surface area contributed by atoms with Gasteiger partial charge in [0.15, 0.2) is 5.78 Å². The first-order valence-corrected chi connectivity index (χ1v) is 7.72. The number of hydrogen-bond acceptors (Lipinski definition) is 3.